The van der Waals surface area contributed by atoms with Gasteiger partial charge in [0.2, 0.25) is 0 Å². The molecule has 0 unspecified atom stereocenters. The first-order chi connectivity index (χ1) is 5.59. The SMILES string of the molecule is C=C(/C=N\NC)C(C)C.CCC. The van der Waals surface area contributed by atoms with Crippen LogP contribution in [0.5, 0.6) is 0 Å². The van der Waals surface area contributed by atoms with Crippen molar-refractivity contribution in [2.45, 2.75) is 34.1 Å². The Kier molecular flexibility index (Phi) is 11.7. The lowest BCUT2D eigenvalue weighted by Crippen LogP contribution is -1.98. The Morgan fingerprint density at radius 1 is 1.50 bits per heavy atom. The minimum Gasteiger partial charge on any atom is -0.313 e. The smallest absolute Gasteiger partial charge is 0.0496 e. The van der Waals surface area contributed by atoms with Gasteiger partial charge < -0.3 is 5.43 Å². The van der Waals surface area contributed by atoms with Crippen LogP contribution in [0.15, 0.2) is 17.3 Å². The van der Waals surface area contributed by atoms with Crippen LogP contribution in [0.4, 0.5) is 0 Å². The summed E-state index contributed by atoms with van der Waals surface area (Å²) >= 11 is 0. The van der Waals surface area contributed by atoms with Crippen molar-refractivity contribution in [1.82, 2.24) is 5.43 Å². The molecule has 0 aliphatic carbocycles. The number of hydrogen-bond acceptors (Lipinski definition) is 2. The Labute approximate surface area is 76.8 Å². The summed E-state index contributed by atoms with van der Waals surface area (Å²) in [5, 5.41) is 3.82. The molecule has 12 heavy (non-hydrogen) atoms. The average Bonchev–Trinajstić information content (AvgIpc) is 2.01. The van der Waals surface area contributed by atoms with Gasteiger partial charge in [-0.2, -0.15) is 5.10 Å². The lowest BCUT2D eigenvalue weighted by molar-refractivity contribution is 0.804. The molecule has 0 saturated carbocycles. The van der Waals surface area contributed by atoms with Crippen molar-refractivity contribution in [2.24, 2.45) is 11.0 Å². The third-order valence-corrected chi connectivity index (χ3v) is 1.10. The molecule has 0 saturated heterocycles. The fourth-order valence-electron chi connectivity index (χ4n) is 0.297. The molecular weight excluding hydrogens is 148 g/mol. The van der Waals surface area contributed by atoms with E-state index in [1.165, 1.54) is 6.42 Å². The second-order valence-electron chi connectivity index (χ2n) is 2.92. The number of allylic oxidation sites excluding steroid dienone is 1. The van der Waals surface area contributed by atoms with Crippen LogP contribution in [0.3, 0.4) is 0 Å². The summed E-state index contributed by atoms with van der Waals surface area (Å²) < 4.78 is 0. The van der Waals surface area contributed by atoms with E-state index in [0.717, 1.165) is 5.57 Å². The fourth-order valence-corrected chi connectivity index (χ4v) is 0.297. The van der Waals surface area contributed by atoms with Crippen molar-refractivity contribution < 1.29 is 0 Å². The molecule has 0 aliphatic heterocycles. The van der Waals surface area contributed by atoms with Gasteiger partial charge >= 0.3 is 0 Å². The summed E-state index contributed by atoms with van der Waals surface area (Å²) in [6.07, 6.45) is 2.99. The highest BCUT2D eigenvalue weighted by Gasteiger charge is 1.93. The van der Waals surface area contributed by atoms with Crippen molar-refractivity contribution in [3.05, 3.63) is 12.2 Å². The Bertz CT molecular complexity index is 126. The summed E-state index contributed by atoms with van der Waals surface area (Å²) in [5.74, 6) is 0.488. The first-order valence-electron chi connectivity index (χ1n) is 4.48. The highest BCUT2D eigenvalue weighted by molar-refractivity contribution is 5.77. The second kappa shape index (κ2) is 10.2. The van der Waals surface area contributed by atoms with Crippen LogP contribution in [0.2, 0.25) is 0 Å². The molecule has 0 heterocycles. The third-order valence-electron chi connectivity index (χ3n) is 1.10. The minimum absolute atomic E-state index is 0.488. The number of nitrogens with one attached hydrogen (secondary N) is 1. The van der Waals surface area contributed by atoms with Gasteiger partial charge in [-0.1, -0.05) is 40.7 Å². The van der Waals surface area contributed by atoms with Gasteiger partial charge in [-0.15, -0.1) is 0 Å². The number of hydrogen-bond donors (Lipinski definition) is 1. The zero-order chi connectivity index (χ0) is 9.98. The van der Waals surface area contributed by atoms with Crippen molar-refractivity contribution in [3.8, 4) is 0 Å². The van der Waals surface area contributed by atoms with E-state index in [1.54, 1.807) is 13.3 Å². The molecule has 0 aromatic rings. The molecule has 0 amide bonds. The van der Waals surface area contributed by atoms with Crippen LogP contribution in [0.1, 0.15) is 34.1 Å². The molecule has 2 heteroatoms. The van der Waals surface area contributed by atoms with E-state index in [9.17, 15) is 0 Å². The molecule has 0 spiro atoms. The quantitative estimate of drug-likeness (QED) is 0.511. The van der Waals surface area contributed by atoms with Crippen LogP contribution in [0, 0.1) is 5.92 Å². The molecule has 0 fully saturated rings. The normalized spacial score (nSPS) is 9.50. The maximum Gasteiger partial charge on any atom is 0.0496 e. The molecule has 0 rings (SSSR count). The van der Waals surface area contributed by atoms with Gasteiger partial charge in [0.15, 0.2) is 0 Å². The minimum atomic E-state index is 0.488. The predicted molar refractivity (Wildman–Crippen MR) is 57.5 cm³/mol. The first kappa shape index (κ1) is 13.8. The zero-order valence-electron chi connectivity index (χ0n) is 9.02. The summed E-state index contributed by atoms with van der Waals surface area (Å²) in [6, 6.07) is 0. The molecule has 0 aliphatic rings. The zero-order valence-corrected chi connectivity index (χ0v) is 9.02. The molecule has 0 bridgehead atoms. The topological polar surface area (TPSA) is 24.4 Å². The summed E-state index contributed by atoms with van der Waals surface area (Å²) in [7, 11) is 1.77. The molecule has 1 N–H and O–H groups in total. The standard InChI is InChI=1S/C7H14N2.C3H8/c1-6(2)7(3)5-9-8-4;1-3-2/h5-6,8H,3H2,1-2,4H3;3H2,1-2H3/b9-5-;. The molecule has 0 radical (unpaired) electrons. The van der Waals surface area contributed by atoms with Gasteiger partial charge in [0, 0.05) is 13.3 Å². The van der Waals surface area contributed by atoms with E-state index in [0.29, 0.717) is 5.92 Å². The first-order valence-corrected chi connectivity index (χ1v) is 4.48. The van der Waals surface area contributed by atoms with Crippen LogP contribution >= 0.6 is 0 Å². The highest BCUT2D eigenvalue weighted by atomic mass is 15.3. The van der Waals surface area contributed by atoms with Crippen molar-refractivity contribution >= 4 is 6.21 Å². The maximum absolute atomic E-state index is 3.82. The lowest BCUT2D eigenvalue weighted by atomic mass is 10.1. The predicted octanol–water partition coefficient (Wildman–Crippen LogP) is 2.82. The molecule has 0 aromatic heterocycles. The highest BCUT2D eigenvalue weighted by Crippen LogP contribution is 2.01. The van der Waals surface area contributed by atoms with Gasteiger partial charge in [0.25, 0.3) is 0 Å². The molecule has 0 atom stereocenters. The van der Waals surface area contributed by atoms with E-state index in [-0.39, 0.29) is 0 Å². The average molecular weight is 170 g/mol. The third kappa shape index (κ3) is 11.9. The Morgan fingerprint density at radius 3 is 2.17 bits per heavy atom. The maximum atomic E-state index is 3.82. The molecule has 72 valence electrons. The van der Waals surface area contributed by atoms with Gasteiger partial charge in [-0.25, -0.2) is 0 Å². The fraction of sp³-hybridized carbons (Fsp3) is 0.700. The van der Waals surface area contributed by atoms with Gasteiger partial charge in [-0.05, 0) is 11.5 Å². The Balaban J connectivity index is 0. The largest absolute Gasteiger partial charge is 0.313 e. The molecule has 0 aromatic carbocycles. The van der Waals surface area contributed by atoms with Crippen LogP contribution in [0.25, 0.3) is 0 Å². The van der Waals surface area contributed by atoms with Crippen LogP contribution < -0.4 is 5.43 Å². The van der Waals surface area contributed by atoms with Crippen LogP contribution in [-0.4, -0.2) is 13.3 Å². The molecular formula is C10H22N2. The van der Waals surface area contributed by atoms with E-state index in [1.807, 2.05) is 0 Å². The van der Waals surface area contributed by atoms with Crippen molar-refractivity contribution in [3.63, 3.8) is 0 Å². The second-order valence-corrected chi connectivity index (χ2v) is 2.92. The molecule has 2 nitrogen and oxygen atoms in total. The van der Waals surface area contributed by atoms with Gasteiger partial charge in [0.05, 0.1) is 0 Å². The van der Waals surface area contributed by atoms with Gasteiger partial charge in [-0.3, -0.25) is 0 Å². The van der Waals surface area contributed by atoms with E-state index < -0.39 is 0 Å². The summed E-state index contributed by atoms with van der Waals surface area (Å²) in [4.78, 5) is 0. The Morgan fingerprint density at radius 2 is 1.92 bits per heavy atom. The number of nitrogens with zero attached hydrogens (tertiary/aromatic N) is 1. The van der Waals surface area contributed by atoms with Crippen LogP contribution in [-0.2, 0) is 0 Å². The summed E-state index contributed by atoms with van der Waals surface area (Å²) in [5.41, 5.74) is 3.71. The number of hydrazone groups is 1. The lowest BCUT2D eigenvalue weighted by Gasteiger charge is -2.00. The van der Waals surface area contributed by atoms with E-state index in [2.05, 4.69) is 44.8 Å². The van der Waals surface area contributed by atoms with E-state index in [4.69, 9.17) is 0 Å². The van der Waals surface area contributed by atoms with Crippen molar-refractivity contribution in [1.29, 1.82) is 0 Å². The number of rotatable bonds is 3. The van der Waals surface area contributed by atoms with E-state index >= 15 is 0 Å². The summed E-state index contributed by atoms with van der Waals surface area (Å²) in [6.45, 7) is 12.2. The monoisotopic (exact) mass is 170 g/mol. The Hall–Kier alpha value is -0.790. The van der Waals surface area contributed by atoms with Crippen molar-refractivity contribution in [2.75, 3.05) is 7.05 Å². The van der Waals surface area contributed by atoms with Gasteiger partial charge in [0.1, 0.15) is 0 Å².